The SMILES string of the molecule is COc1cc(Br)ccc1C(=O)NC1CCCc2cc(N)ccc21. The molecular weight excluding hydrogens is 356 g/mol. The van der Waals surface area contributed by atoms with Crippen LogP contribution in [0.25, 0.3) is 0 Å². The lowest BCUT2D eigenvalue weighted by Gasteiger charge is -2.27. The topological polar surface area (TPSA) is 64.3 Å². The molecule has 3 N–H and O–H groups in total. The molecular formula is C18H19BrN2O2. The van der Waals surface area contributed by atoms with Gasteiger partial charge in [0.05, 0.1) is 18.7 Å². The second kappa shape index (κ2) is 6.62. The summed E-state index contributed by atoms with van der Waals surface area (Å²) >= 11 is 3.39. The second-order valence-electron chi connectivity index (χ2n) is 5.72. The Labute approximate surface area is 144 Å². The van der Waals surface area contributed by atoms with Crippen molar-refractivity contribution in [1.29, 1.82) is 0 Å². The summed E-state index contributed by atoms with van der Waals surface area (Å²) in [5.41, 5.74) is 9.56. The second-order valence-corrected chi connectivity index (χ2v) is 6.64. The Morgan fingerprint density at radius 1 is 1.30 bits per heavy atom. The standard InChI is InChI=1S/C18H19BrN2O2/c1-23-17-10-12(19)5-7-15(17)18(22)21-16-4-2-3-11-9-13(20)6-8-14(11)16/h5-10,16H,2-4,20H2,1H3,(H,21,22). The van der Waals surface area contributed by atoms with Crippen LogP contribution in [0.4, 0.5) is 5.69 Å². The van der Waals surface area contributed by atoms with Crippen LogP contribution in [0, 0.1) is 0 Å². The molecule has 0 radical (unpaired) electrons. The van der Waals surface area contributed by atoms with Gasteiger partial charge in [0, 0.05) is 10.2 Å². The maximum atomic E-state index is 12.6. The molecule has 3 rings (SSSR count). The summed E-state index contributed by atoms with van der Waals surface area (Å²) in [5, 5.41) is 3.13. The highest BCUT2D eigenvalue weighted by Crippen LogP contribution is 2.32. The van der Waals surface area contributed by atoms with Gasteiger partial charge in [0.15, 0.2) is 0 Å². The molecule has 0 aliphatic heterocycles. The van der Waals surface area contributed by atoms with Gasteiger partial charge in [-0.1, -0.05) is 22.0 Å². The molecule has 1 aliphatic rings. The molecule has 120 valence electrons. The van der Waals surface area contributed by atoms with Gasteiger partial charge in [0.1, 0.15) is 5.75 Å². The molecule has 0 heterocycles. The van der Waals surface area contributed by atoms with Crippen molar-refractivity contribution >= 4 is 27.5 Å². The van der Waals surface area contributed by atoms with Crippen LogP contribution in [0.15, 0.2) is 40.9 Å². The third-order valence-corrected chi connectivity index (χ3v) is 4.69. The lowest BCUT2D eigenvalue weighted by Crippen LogP contribution is -2.31. The van der Waals surface area contributed by atoms with E-state index >= 15 is 0 Å². The van der Waals surface area contributed by atoms with Crippen LogP contribution in [0.1, 0.15) is 40.4 Å². The van der Waals surface area contributed by atoms with E-state index in [0.29, 0.717) is 11.3 Å². The first-order chi connectivity index (χ1) is 11.1. The van der Waals surface area contributed by atoms with Gasteiger partial charge >= 0.3 is 0 Å². The van der Waals surface area contributed by atoms with Crippen LogP contribution >= 0.6 is 15.9 Å². The van der Waals surface area contributed by atoms with Crippen molar-refractivity contribution in [2.75, 3.05) is 12.8 Å². The number of hydrogen-bond donors (Lipinski definition) is 2. The summed E-state index contributed by atoms with van der Waals surface area (Å²) in [7, 11) is 1.57. The Kier molecular flexibility index (Phi) is 4.57. The van der Waals surface area contributed by atoms with Crippen LogP contribution in [0.5, 0.6) is 5.75 Å². The summed E-state index contributed by atoms with van der Waals surface area (Å²) in [6.45, 7) is 0. The minimum atomic E-state index is -0.121. The largest absolute Gasteiger partial charge is 0.496 e. The van der Waals surface area contributed by atoms with E-state index in [2.05, 4.69) is 21.2 Å². The van der Waals surface area contributed by atoms with Crippen molar-refractivity contribution in [3.8, 4) is 5.75 Å². The van der Waals surface area contributed by atoms with Crippen molar-refractivity contribution in [3.05, 3.63) is 57.6 Å². The Morgan fingerprint density at radius 2 is 2.13 bits per heavy atom. The lowest BCUT2D eigenvalue weighted by molar-refractivity contribution is 0.0929. The van der Waals surface area contributed by atoms with Gasteiger partial charge in [-0.25, -0.2) is 0 Å². The molecule has 0 bridgehead atoms. The number of carbonyl (C=O) groups is 1. The van der Waals surface area contributed by atoms with Gasteiger partial charge < -0.3 is 15.8 Å². The van der Waals surface area contributed by atoms with Gasteiger partial charge in [-0.15, -0.1) is 0 Å². The lowest BCUT2D eigenvalue weighted by atomic mass is 9.87. The summed E-state index contributed by atoms with van der Waals surface area (Å²) in [6, 6.07) is 11.3. The summed E-state index contributed by atoms with van der Waals surface area (Å²) < 4.78 is 6.19. The molecule has 0 aromatic heterocycles. The number of nitrogen functional groups attached to an aromatic ring is 1. The molecule has 0 spiro atoms. The van der Waals surface area contributed by atoms with Crippen molar-refractivity contribution in [2.45, 2.75) is 25.3 Å². The van der Waals surface area contributed by atoms with Crippen LogP contribution in [-0.4, -0.2) is 13.0 Å². The number of amides is 1. The summed E-state index contributed by atoms with van der Waals surface area (Å²) in [5.74, 6) is 0.439. The molecule has 1 amide bonds. The maximum Gasteiger partial charge on any atom is 0.255 e. The summed E-state index contributed by atoms with van der Waals surface area (Å²) in [6.07, 6.45) is 2.98. The fourth-order valence-electron chi connectivity index (χ4n) is 3.07. The number of benzene rings is 2. The number of ether oxygens (including phenoxy) is 1. The number of rotatable bonds is 3. The minimum Gasteiger partial charge on any atom is -0.496 e. The van der Waals surface area contributed by atoms with E-state index in [1.807, 2.05) is 24.3 Å². The Bertz CT molecular complexity index is 746. The highest BCUT2D eigenvalue weighted by atomic mass is 79.9. The number of carbonyl (C=O) groups excluding carboxylic acids is 1. The number of anilines is 1. The predicted octanol–water partition coefficient (Wildman–Crippen LogP) is 3.85. The van der Waals surface area contributed by atoms with Crippen molar-refractivity contribution in [1.82, 2.24) is 5.32 Å². The molecule has 1 atom stereocenters. The molecule has 2 aromatic carbocycles. The van der Waals surface area contributed by atoms with Crippen molar-refractivity contribution < 1.29 is 9.53 Å². The van der Waals surface area contributed by atoms with Crippen molar-refractivity contribution in [2.24, 2.45) is 0 Å². The van der Waals surface area contributed by atoms with Gasteiger partial charge in [-0.3, -0.25) is 4.79 Å². The zero-order chi connectivity index (χ0) is 16.4. The highest BCUT2D eigenvalue weighted by Gasteiger charge is 2.23. The first kappa shape index (κ1) is 15.9. The zero-order valence-electron chi connectivity index (χ0n) is 12.9. The highest BCUT2D eigenvalue weighted by molar-refractivity contribution is 9.10. The summed E-state index contributed by atoms with van der Waals surface area (Å²) in [4.78, 5) is 12.6. The van der Waals surface area contributed by atoms with E-state index in [1.165, 1.54) is 5.56 Å². The third kappa shape index (κ3) is 3.34. The molecule has 23 heavy (non-hydrogen) atoms. The number of halogens is 1. The third-order valence-electron chi connectivity index (χ3n) is 4.19. The smallest absolute Gasteiger partial charge is 0.255 e. The molecule has 2 aromatic rings. The molecule has 1 unspecified atom stereocenters. The van der Waals surface area contributed by atoms with Gasteiger partial charge in [0.2, 0.25) is 0 Å². The number of methoxy groups -OCH3 is 1. The van der Waals surface area contributed by atoms with E-state index in [0.717, 1.165) is 35.0 Å². The molecule has 0 saturated carbocycles. The number of hydrogen-bond acceptors (Lipinski definition) is 3. The number of nitrogens with two attached hydrogens (primary N) is 1. The van der Waals surface area contributed by atoms with Crippen molar-refractivity contribution in [3.63, 3.8) is 0 Å². The first-order valence-electron chi connectivity index (χ1n) is 7.61. The number of aryl methyl sites for hydroxylation is 1. The average Bonchev–Trinajstić information content (AvgIpc) is 2.54. The monoisotopic (exact) mass is 374 g/mol. The van der Waals surface area contributed by atoms with Gasteiger partial charge in [-0.05, 0) is 60.7 Å². The van der Waals surface area contributed by atoms with E-state index in [-0.39, 0.29) is 11.9 Å². The normalized spacial score (nSPS) is 16.5. The number of nitrogens with one attached hydrogen (secondary N) is 1. The fraction of sp³-hybridized carbons (Fsp3) is 0.278. The molecule has 4 nitrogen and oxygen atoms in total. The molecule has 1 aliphatic carbocycles. The van der Waals surface area contributed by atoms with Crippen LogP contribution in [0.2, 0.25) is 0 Å². The predicted molar refractivity (Wildman–Crippen MR) is 94.7 cm³/mol. The Balaban J connectivity index is 1.85. The van der Waals surface area contributed by atoms with E-state index in [9.17, 15) is 4.79 Å². The van der Waals surface area contributed by atoms with E-state index < -0.39 is 0 Å². The fourth-order valence-corrected chi connectivity index (χ4v) is 3.41. The first-order valence-corrected chi connectivity index (χ1v) is 8.40. The quantitative estimate of drug-likeness (QED) is 0.801. The average molecular weight is 375 g/mol. The Hall–Kier alpha value is -2.01. The zero-order valence-corrected chi connectivity index (χ0v) is 14.5. The van der Waals surface area contributed by atoms with Gasteiger partial charge in [0.25, 0.3) is 5.91 Å². The van der Waals surface area contributed by atoms with E-state index in [4.69, 9.17) is 10.5 Å². The minimum absolute atomic E-state index is 0.0141. The molecule has 5 heteroatoms. The maximum absolute atomic E-state index is 12.6. The van der Waals surface area contributed by atoms with Crippen LogP contribution < -0.4 is 15.8 Å². The van der Waals surface area contributed by atoms with E-state index in [1.54, 1.807) is 19.2 Å². The number of fused-ring (bicyclic) bond motifs is 1. The Morgan fingerprint density at radius 3 is 2.91 bits per heavy atom. The molecule has 0 fully saturated rings. The van der Waals surface area contributed by atoms with Crippen LogP contribution in [0.3, 0.4) is 0 Å². The van der Waals surface area contributed by atoms with Crippen LogP contribution in [-0.2, 0) is 6.42 Å². The van der Waals surface area contributed by atoms with Gasteiger partial charge in [-0.2, -0.15) is 0 Å². The molecule has 0 saturated heterocycles.